The number of benzene rings is 3. The van der Waals surface area contributed by atoms with Crippen molar-refractivity contribution in [3.63, 3.8) is 0 Å². The Balaban J connectivity index is 2.34. The van der Waals surface area contributed by atoms with Crippen LogP contribution < -0.4 is 0 Å². The first kappa shape index (κ1) is 11.4. The van der Waals surface area contributed by atoms with Crippen LogP contribution in [0.25, 0.3) is 32.6 Å². The summed E-state index contributed by atoms with van der Waals surface area (Å²) >= 11 is 0. The predicted molar refractivity (Wildman–Crippen MR) is 86.2 cm³/mol. The van der Waals surface area contributed by atoms with Crippen LogP contribution in [0.3, 0.4) is 0 Å². The largest absolute Gasteiger partial charge is 0.247 e. The fourth-order valence-electron chi connectivity index (χ4n) is 3.10. The van der Waals surface area contributed by atoms with Crippen molar-refractivity contribution in [2.24, 2.45) is 0 Å². The zero-order chi connectivity index (χ0) is 13.7. The number of hydrogen-bond acceptors (Lipinski definition) is 1. The van der Waals surface area contributed by atoms with Gasteiger partial charge in [-0.1, -0.05) is 42.5 Å². The zero-order valence-corrected chi connectivity index (χ0v) is 11.6. The lowest BCUT2D eigenvalue weighted by Crippen LogP contribution is -1.90. The third-order valence-corrected chi connectivity index (χ3v) is 4.17. The molecular formula is C19H15N. The summed E-state index contributed by atoms with van der Waals surface area (Å²) in [6, 6.07) is 19.2. The van der Waals surface area contributed by atoms with Crippen molar-refractivity contribution in [2.75, 3.05) is 0 Å². The highest BCUT2D eigenvalue weighted by Crippen LogP contribution is 2.32. The lowest BCUT2D eigenvalue weighted by atomic mass is 9.97. The van der Waals surface area contributed by atoms with Gasteiger partial charge in [-0.3, -0.25) is 0 Å². The Hall–Kier alpha value is -2.41. The van der Waals surface area contributed by atoms with Crippen LogP contribution in [0.2, 0.25) is 0 Å². The van der Waals surface area contributed by atoms with E-state index in [2.05, 4.69) is 68.4 Å². The molecule has 20 heavy (non-hydrogen) atoms. The van der Waals surface area contributed by atoms with Crippen LogP contribution in [0.15, 0.2) is 54.6 Å². The third-order valence-electron chi connectivity index (χ3n) is 4.17. The molecule has 4 rings (SSSR count). The van der Waals surface area contributed by atoms with Gasteiger partial charge in [0.1, 0.15) is 0 Å². The number of nitrogens with zero attached hydrogens (tertiary/aromatic N) is 1. The maximum Gasteiger partial charge on any atom is 0.0790 e. The van der Waals surface area contributed by atoms with Crippen LogP contribution in [0.5, 0.6) is 0 Å². The summed E-state index contributed by atoms with van der Waals surface area (Å²) in [5, 5.41) is 5.05. The Morgan fingerprint density at radius 3 is 2.15 bits per heavy atom. The summed E-state index contributed by atoms with van der Waals surface area (Å²) in [5.41, 5.74) is 4.82. The van der Waals surface area contributed by atoms with Gasteiger partial charge in [-0.25, -0.2) is 4.98 Å². The van der Waals surface area contributed by atoms with E-state index in [0.717, 1.165) is 11.0 Å². The van der Waals surface area contributed by atoms with Crippen molar-refractivity contribution >= 4 is 32.6 Å². The number of pyridine rings is 1. The first-order chi connectivity index (χ1) is 9.75. The van der Waals surface area contributed by atoms with E-state index in [-0.39, 0.29) is 0 Å². The summed E-state index contributed by atoms with van der Waals surface area (Å²) in [5.74, 6) is 0. The van der Waals surface area contributed by atoms with Crippen LogP contribution in [-0.4, -0.2) is 4.98 Å². The Bertz CT molecular complexity index is 961. The second-order valence-electron chi connectivity index (χ2n) is 5.39. The van der Waals surface area contributed by atoms with E-state index in [1.54, 1.807) is 0 Å². The summed E-state index contributed by atoms with van der Waals surface area (Å²) in [6.07, 6.45) is 0. The topological polar surface area (TPSA) is 12.9 Å². The molecule has 1 heterocycles. The Labute approximate surface area is 117 Å². The zero-order valence-electron chi connectivity index (χ0n) is 11.6. The molecule has 1 heteroatoms. The van der Waals surface area contributed by atoms with Gasteiger partial charge in [0, 0.05) is 16.2 Å². The first-order valence-electron chi connectivity index (χ1n) is 6.93. The van der Waals surface area contributed by atoms with Gasteiger partial charge in [-0.15, -0.1) is 0 Å². The minimum atomic E-state index is 1.08. The van der Waals surface area contributed by atoms with Crippen LogP contribution in [0, 0.1) is 13.8 Å². The van der Waals surface area contributed by atoms with E-state index in [0.29, 0.717) is 0 Å². The maximum absolute atomic E-state index is 4.91. The van der Waals surface area contributed by atoms with Gasteiger partial charge in [0.15, 0.2) is 0 Å². The number of fused-ring (bicyclic) bond motifs is 4. The lowest BCUT2D eigenvalue weighted by Gasteiger charge is -2.11. The number of aryl methyl sites for hydroxylation is 2. The van der Waals surface area contributed by atoms with Crippen molar-refractivity contribution < 1.29 is 0 Å². The summed E-state index contributed by atoms with van der Waals surface area (Å²) in [4.78, 5) is 4.91. The number of hydrogen-bond donors (Lipinski definition) is 0. The van der Waals surface area contributed by atoms with Gasteiger partial charge in [-0.05, 0) is 42.5 Å². The highest BCUT2D eigenvalue weighted by atomic mass is 14.7. The van der Waals surface area contributed by atoms with Gasteiger partial charge < -0.3 is 0 Å². The molecule has 0 amide bonds. The molecule has 1 nitrogen and oxygen atoms in total. The molecule has 0 atom stereocenters. The molecule has 0 aliphatic rings. The monoisotopic (exact) mass is 257 g/mol. The van der Waals surface area contributed by atoms with E-state index in [1.165, 1.54) is 32.7 Å². The molecule has 0 fully saturated rings. The molecule has 4 aromatic rings. The second kappa shape index (κ2) is 4.04. The van der Waals surface area contributed by atoms with Gasteiger partial charge in [0.2, 0.25) is 0 Å². The third kappa shape index (κ3) is 1.47. The smallest absolute Gasteiger partial charge is 0.0790 e. The van der Waals surface area contributed by atoms with E-state index in [9.17, 15) is 0 Å². The standard InChI is InChI=1S/C19H15N/c1-12-11-17-13(2)15-8-5-6-10-18(15)20-19(17)16-9-4-3-7-14(12)16/h3-11H,1-2H3. The molecule has 96 valence electrons. The van der Waals surface area contributed by atoms with Crippen molar-refractivity contribution in [3.05, 3.63) is 65.7 Å². The molecule has 0 aliphatic heterocycles. The van der Waals surface area contributed by atoms with Crippen LogP contribution in [0.1, 0.15) is 11.1 Å². The molecule has 0 bridgehead atoms. The van der Waals surface area contributed by atoms with Gasteiger partial charge in [0.05, 0.1) is 11.0 Å². The predicted octanol–water partition coefficient (Wildman–Crippen LogP) is 5.16. The first-order valence-corrected chi connectivity index (χ1v) is 6.93. The summed E-state index contributed by atoms with van der Waals surface area (Å²) in [6.45, 7) is 4.37. The summed E-state index contributed by atoms with van der Waals surface area (Å²) in [7, 11) is 0. The lowest BCUT2D eigenvalue weighted by molar-refractivity contribution is 1.45. The Morgan fingerprint density at radius 1 is 0.700 bits per heavy atom. The highest BCUT2D eigenvalue weighted by molar-refractivity contribution is 6.11. The van der Waals surface area contributed by atoms with Gasteiger partial charge >= 0.3 is 0 Å². The van der Waals surface area contributed by atoms with Crippen molar-refractivity contribution in [1.82, 2.24) is 4.98 Å². The molecule has 0 saturated carbocycles. The molecule has 0 N–H and O–H groups in total. The Morgan fingerprint density at radius 2 is 1.35 bits per heavy atom. The van der Waals surface area contributed by atoms with Crippen molar-refractivity contribution in [1.29, 1.82) is 0 Å². The highest BCUT2D eigenvalue weighted by Gasteiger charge is 2.09. The van der Waals surface area contributed by atoms with E-state index < -0.39 is 0 Å². The Kier molecular flexibility index (Phi) is 2.31. The average molecular weight is 257 g/mol. The molecule has 0 saturated heterocycles. The minimum Gasteiger partial charge on any atom is -0.247 e. The fraction of sp³-hybridized carbons (Fsp3) is 0.105. The molecular weight excluding hydrogens is 242 g/mol. The van der Waals surface area contributed by atoms with Crippen LogP contribution in [0.4, 0.5) is 0 Å². The molecule has 0 radical (unpaired) electrons. The quantitative estimate of drug-likeness (QED) is 0.313. The minimum absolute atomic E-state index is 1.08. The van der Waals surface area contributed by atoms with Crippen molar-refractivity contribution in [2.45, 2.75) is 13.8 Å². The van der Waals surface area contributed by atoms with E-state index in [4.69, 9.17) is 4.98 Å². The molecule has 3 aromatic carbocycles. The van der Waals surface area contributed by atoms with Crippen LogP contribution >= 0.6 is 0 Å². The average Bonchev–Trinajstić information content (AvgIpc) is 2.49. The number of aromatic nitrogens is 1. The maximum atomic E-state index is 4.91. The molecule has 0 unspecified atom stereocenters. The SMILES string of the molecule is Cc1cc2c(C)c3ccccc3nc2c2ccccc12. The van der Waals surface area contributed by atoms with E-state index >= 15 is 0 Å². The fourth-order valence-corrected chi connectivity index (χ4v) is 3.10. The summed E-state index contributed by atoms with van der Waals surface area (Å²) < 4.78 is 0. The molecule has 1 aromatic heterocycles. The van der Waals surface area contributed by atoms with E-state index in [1.807, 2.05) is 0 Å². The van der Waals surface area contributed by atoms with Crippen LogP contribution in [-0.2, 0) is 0 Å². The molecule has 0 spiro atoms. The van der Waals surface area contributed by atoms with Crippen molar-refractivity contribution in [3.8, 4) is 0 Å². The number of para-hydroxylation sites is 1. The molecule has 0 aliphatic carbocycles. The van der Waals surface area contributed by atoms with Gasteiger partial charge in [-0.2, -0.15) is 0 Å². The second-order valence-corrected chi connectivity index (χ2v) is 5.39. The normalized spacial score (nSPS) is 11.5. The number of rotatable bonds is 0. The van der Waals surface area contributed by atoms with Gasteiger partial charge in [0.25, 0.3) is 0 Å².